The van der Waals surface area contributed by atoms with Gasteiger partial charge in [0.15, 0.2) is 0 Å². The average molecular weight is 1380 g/mol. The summed E-state index contributed by atoms with van der Waals surface area (Å²) in [5.41, 5.74) is 18.5. The molecule has 6 unspecified atom stereocenters. The van der Waals surface area contributed by atoms with E-state index < -0.39 is 47.5 Å². The van der Waals surface area contributed by atoms with Crippen LogP contribution in [0.3, 0.4) is 0 Å². The van der Waals surface area contributed by atoms with Gasteiger partial charge in [-0.2, -0.15) is 0 Å². The normalized spacial score (nSPS) is 16.8. The Kier molecular flexibility index (Phi) is 24.7. The number of hydrogen-bond acceptors (Lipinski definition) is 17. The lowest BCUT2D eigenvalue weighted by molar-refractivity contribution is 0.0195. The van der Waals surface area contributed by atoms with Crippen LogP contribution in [0.15, 0.2) is 231 Å². The molecule has 11 rings (SSSR count). The van der Waals surface area contributed by atoms with Gasteiger partial charge >= 0.3 is 23.9 Å². The topological polar surface area (TPSA) is 255 Å². The number of phenolic OH excluding ortho intramolecular Hbond substituents is 1. The van der Waals surface area contributed by atoms with Crippen LogP contribution in [0.1, 0.15) is 156 Å². The lowest BCUT2D eigenvalue weighted by atomic mass is 9.92. The number of carbonyl (C=O) groups is 8. The van der Waals surface area contributed by atoms with Crippen LogP contribution in [-0.4, -0.2) is 144 Å². The van der Waals surface area contributed by atoms with E-state index in [1.165, 1.54) is 105 Å². The second kappa shape index (κ2) is 34.4. The molecular weight excluding hydrogens is 1290 g/mol. The number of ether oxygens (including phenoxy) is 4. The minimum atomic E-state index is -0.572. The van der Waals surface area contributed by atoms with Crippen molar-refractivity contribution in [1.82, 2.24) is 41.3 Å². The van der Waals surface area contributed by atoms with Crippen molar-refractivity contribution in [1.29, 1.82) is 0 Å². The molecule has 0 aromatic heterocycles. The maximum Gasteiger partial charge on any atom is 0.343 e. The number of rotatable bonds is 19. The highest BCUT2D eigenvalue weighted by molar-refractivity contribution is 6.01. The van der Waals surface area contributed by atoms with Gasteiger partial charge in [-0.3, -0.25) is 60.5 Å². The average Bonchev–Trinajstić information content (AvgIpc) is 0.786. The van der Waals surface area contributed by atoms with Gasteiger partial charge in [0.25, 0.3) is 23.6 Å². The van der Waals surface area contributed by atoms with Gasteiger partial charge < -0.3 is 24.1 Å². The molecule has 6 atom stereocenters. The van der Waals surface area contributed by atoms with Crippen molar-refractivity contribution in [3.05, 3.63) is 308 Å². The van der Waals surface area contributed by atoms with E-state index in [1.807, 2.05) is 66.7 Å². The van der Waals surface area contributed by atoms with Crippen LogP contribution in [-0.2, 0) is 27.3 Å². The van der Waals surface area contributed by atoms with E-state index in [0.29, 0.717) is 39.6 Å². The Bertz CT molecular complexity index is 4390. The third kappa shape index (κ3) is 18.6. The summed E-state index contributed by atoms with van der Waals surface area (Å²) in [6.07, 6.45) is 0. The maximum atomic E-state index is 13.2. The second-order valence-electron chi connectivity index (χ2n) is 25.2. The molecule has 524 valence electrons. The van der Waals surface area contributed by atoms with Gasteiger partial charge in [-0.25, -0.2) is 19.2 Å². The Morgan fingerprint density at radius 2 is 0.667 bits per heavy atom. The number of carbonyl (C=O) groups excluding carboxylic acids is 8. The SMILES string of the molecule is COC(=O)c1ccc(C(=O)NNC(=O)c2ccc(C(c3cccc(O)c3)N3CC(C)N(Cc4ccccc4)CC3C)cc2)cc1.COC(=O)c1ccc(C(=O)NNC(=O)c2ccc(C(c3cccc(OC(=O)c4ccc(C(=O)OC)cc4)c3)N3CC(C)N(Cc4ccccc4)CC3C)cc2)cc1. The van der Waals surface area contributed by atoms with Gasteiger partial charge in [0.1, 0.15) is 11.5 Å². The van der Waals surface area contributed by atoms with Crippen LogP contribution < -0.4 is 26.4 Å². The molecule has 21 heteroatoms. The maximum absolute atomic E-state index is 13.2. The Morgan fingerprint density at radius 1 is 0.353 bits per heavy atom. The Balaban J connectivity index is 0.000000226. The number of nitrogens with zero attached hydrogens (tertiary/aromatic N) is 4. The number of phenols is 1. The molecule has 0 spiro atoms. The lowest BCUT2D eigenvalue weighted by Gasteiger charge is -2.47. The van der Waals surface area contributed by atoms with Crippen LogP contribution in [0.25, 0.3) is 0 Å². The molecule has 2 heterocycles. The number of hydrazine groups is 2. The number of methoxy groups -OCH3 is 3. The standard InChI is InChI=1S/C45H44N4O8.C36H38N4O5/c1-29-27-49(30(2)26-48(29)28-31-9-6-5-7-10-31)40(38-11-8-12-39(25-38)57-45(54)37-23-21-36(22-24-37)44(53)56-4)32-13-15-33(16-14-32)41(50)46-47-42(51)34-17-19-35(20-18-34)43(52)55-3;1-24-22-40(25(2)21-39(24)23-26-8-5-4-6-9-26)33(31-10-7-11-32(41)20-31)27-12-14-28(15-13-27)34(42)37-38-35(43)29-16-18-30(19-17-29)36(44)45-3/h5-25,29-30,40H,26-28H2,1-4H3,(H,46,50)(H,47,51);4-20,24-25,33,41H,21-23H2,1-3H3,(H,37,42)(H,38,43). The van der Waals surface area contributed by atoms with Crippen LogP contribution in [0.4, 0.5) is 0 Å². The van der Waals surface area contributed by atoms with Gasteiger partial charge in [0.05, 0.1) is 55.7 Å². The minimum Gasteiger partial charge on any atom is -0.508 e. The molecule has 9 aromatic rings. The number of hydrogen-bond donors (Lipinski definition) is 5. The van der Waals surface area contributed by atoms with E-state index >= 15 is 0 Å². The largest absolute Gasteiger partial charge is 0.508 e. The van der Waals surface area contributed by atoms with Crippen LogP contribution in [0.5, 0.6) is 11.5 Å². The summed E-state index contributed by atoms with van der Waals surface area (Å²) >= 11 is 0. The first-order chi connectivity index (χ1) is 49.3. The number of amides is 4. The molecule has 2 aliphatic rings. The van der Waals surface area contributed by atoms with Crippen LogP contribution in [0.2, 0.25) is 0 Å². The van der Waals surface area contributed by atoms with Crippen LogP contribution in [0, 0.1) is 0 Å². The monoisotopic (exact) mass is 1370 g/mol. The van der Waals surface area contributed by atoms with Gasteiger partial charge in [0.2, 0.25) is 0 Å². The van der Waals surface area contributed by atoms with Crippen molar-refractivity contribution in [3.8, 4) is 11.5 Å². The van der Waals surface area contributed by atoms with Gasteiger partial charge in [-0.15, -0.1) is 0 Å². The summed E-state index contributed by atoms with van der Waals surface area (Å²) in [4.78, 5) is 110. The first kappa shape index (κ1) is 73.1. The Hall–Kier alpha value is -11.6. The van der Waals surface area contributed by atoms with Crippen molar-refractivity contribution in [2.45, 2.75) is 77.0 Å². The molecule has 102 heavy (non-hydrogen) atoms. The Morgan fingerprint density at radius 3 is 1.01 bits per heavy atom. The molecule has 2 saturated heterocycles. The second-order valence-corrected chi connectivity index (χ2v) is 25.2. The molecule has 4 amide bonds. The smallest absolute Gasteiger partial charge is 0.343 e. The molecule has 0 radical (unpaired) electrons. The molecule has 2 aliphatic heterocycles. The van der Waals surface area contributed by atoms with E-state index in [0.717, 1.165) is 61.5 Å². The van der Waals surface area contributed by atoms with Gasteiger partial charge in [-0.05, 0) is 182 Å². The van der Waals surface area contributed by atoms with Crippen molar-refractivity contribution < 1.29 is 62.4 Å². The highest BCUT2D eigenvalue weighted by atomic mass is 16.5. The van der Waals surface area contributed by atoms with E-state index in [9.17, 15) is 43.5 Å². The summed E-state index contributed by atoms with van der Waals surface area (Å²) in [6, 6.07) is 68.4. The molecule has 9 aromatic carbocycles. The fourth-order valence-corrected chi connectivity index (χ4v) is 12.8. The third-order valence-electron chi connectivity index (χ3n) is 18.3. The van der Waals surface area contributed by atoms with Crippen molar-refractivity contribution in [2.75, 3.05) is 47.5 Å². The number of piperazine rings is 2. The molecule has 0 saturated carbocycles. The third-order valence-corrected chi connectivity index (χ3v) is 18.3. The van der Waals surface area contributed by atoms with Gasteiger partial charge in [-0.1, -0.05) is 109 Å². The first-order valence-electron chi connectivity index (χ1n) is 33.4. The van der Waals surface area contributed by atoms with E-state index in [1.54, 1.807) is 42.5 Å². The van der Waals surface area contributed by atoms with E-state index in [-0.39, 0.29) is 52.6 Å². The summed E-state index contributed by atoms with van der Waals surface area (Å²) in [5.74, 6) is -3.58. The highest BCUT2D eigenvalue weighted by Gasteiger charge is 2.37. The summed E-state index contributed by atoms with van der Waals surface area (Å²) in [7, 11) is 3.85. The number of aromatic hydroxyl groups is 1. The summed E-state index contributed by atoms with van der Waals surface area (Å²) in [5, 5.41) is 10.3. The predicted molar refractivity (Wildman–Crippen MR) is 384 cm³/mol. The van der Waals surface area contributed by atoms with Crippen molar-refractivity contribution >= 4 is 47.5 Å². The molecule has 0 aliphatic carbocycles. The molecule has 5 N–H and O–H groups in total. The fourth-order valence-electron chi connectivity index (χ4n) is 12.8. The Labute approximate surface area is 592 Å². The number of esters is 4. The molecule has 21 nitrogen and oxygen atoms in total. The number of benzene rings is 9. The van der Waals surface area contributed by atoms with Crippen LogP contribution >= 0.6 is 0 Å². The molecule has 2 fully saturated rings. The van der Waals surface area contributed by atoms with E-state index in [4.69, 9.17) is 14.2 Å². The van der Waals surface area contributed by atoms with Crippen molar-refractivity contribution in [2.24, 2.45) is 0 Å². The minimum absolute atomic E-state index is 0.120. The lowest BCUT2D eigenvalue weighted by Crippen LogP contribution is -2.56. The summed E-state index contributed by atoms with van der Waals surface area (Å²) in [6.45, 7) is 13.9. The van der Waals surface area contributed by atoms with E-state index in [2.05, 4.69) is 122 Å². The van der Waals surface area contributed by atoms with Crippen molar-refractivity contribution in [3.63, 3.8) is 0 Å². The molecular formula is C81H82N8O13. The zero-order valence-electron chi connectivity index (χ0n) is 57.8. The first-order valence-corrected chi connectivity index (χ1v) is 33.4. The zero-order valence-corrected chi connectivity index (χ0v) is 57.8. The zero-order chi connectivity index (χ0) is 72.4. The quantitative estimate of drug-likeness (QED) is 0.0218. The number of nitrogens with one attached hydrogen (secondary N) is 4. The molecule has 0 bridgehead atoms. The fraction of sp³-hybridized carbons (Fsp3) is 0.235. The van der Waals surface area contributed by atoms with Gasteiger partial charge in [0, 0.05) is 85.7 Å². The highest BCUT2D eigenvalue weighted by Crippen LogP contribution is 2.38. The predicted octanol–water partition coefficient (Wildman–Crippen LogP) is 11.2. The summed E-state index contributed by atoms with van der Waals surface area (Å²) < 4.78 is 20.0.